The molecule has 0 bridgehead atoms. The molecule has 37 heavy (non-hydrogen) atoms. The Morgan fingerprint density at radius 3 is 1.86 bits per heavy atom. The van der Waals surface area contributed by atoms with Crippen molar-refractivity contribution >= 4 is 17.6 Å². The van der Waals surface area contributed by atoms with E-state index >= 15 is 0 Å². The van der Waals surface area contributed by atoms with Gasteiger partial charge in [0.25, 0.3) is 0 Å². The monoisotopic (exact) mass is 509 g/mol. The number of carbonyl (C=O) groups excluding carboxylic acids is 2. The SMILES string of the molecule is CCCCCCCCCCCCCCOc1ccc(N(Cc2cccc(COC(C)=O)c2)C(C)=O)cc1. The van der Waals surface area contributed by atoms with Crippen molar-refractivity contribution in [2.45, 2.75) is 111 Å². The second-order valence-electron chi connectivity index (χ2n) is 9.94. The molecule has 0 aliphatic carbocycles. The standard InChI is InChI=1S/C32H47NO4/c1-4-5-6-7-8-9-10-11-12-13-14-15-23-36-32-21-19-31(20-22-32)33(27(2)34)25-29-17-16-18-30(24-29)26-37-28(3)35/h16-22,24H,4-15,23,25-26H2,1-3H3. The number of unbranched alkanes of at least 4 members (excludes halogenated alkanes) is 11. The molecule has 0 N–H and O–H groups in total. The number of anilines is 1. The maximum absolute atomic E-state index is 12.4. The predicted octanol–water partition coefficient (Wildman–Crippen LogP) is 8.38. The summed E-state index contributed by atoms with van der Waals surface area (Å²) in [6.45, 7) is 6.64. The molecule has 2 rings (SSSR count). The Labute approximate surface area is 224 Å². The largest absolute Gasteiger partial charge is 0.494 e. The van der Waals surface area contributed by atoms with E-state index in [1.807, 2.05) is 48.5 Å². The zero-order valence-electron chi connectivity index (χ0n) is 23.3. The Morgan fingerprint density at radius 2 is 1.30 bits per heavy atom. The van der Waals surface area contributed by atoms with Gasteiger partial charge in [0.2, 0.25) is 5.91 Å². The first-order valence-corrected chi connectivity index (χ1v) is 14.2. The quantitative estimate of drug-likeness (QED) is 0.141. The van der Waals surface area contributed by atoms with Crippen LogP contribution < -0.4 is 9.64 Å². The number of ether oxygens (including phenoxy) is 2. The van der Waals surface area contributed by atoms with Gasteiger partial charge in [0.1, 0.15) is 12.4 Å². The molecule has 2 aromatic carbocycles. The lowest BCUT2D eigenvalue weighted by Crippen LogP contribution is -2.27. The van der Waals surface area contributed by atoms with E-state index in [4.69, 9.17) is 9.47 Å². The molecule has 0 spiro atoms. The summed E-state index contributed by atoms with van der Waals surface area (Å²) in [5.41, 5.74) is 2.71. The molecule has 0 aromatic heterocycles. The first-order chi connectivity index (χ1) is 18.0. The van der Waals surface area contributed by atoms with Crippen LogP contribution >= 0.6 is 0 Å². The van der Waals surface area contributed by atoms with Gasteiger partial charge in [0, 0.05) is 19.5 Å². The van der Waals surface area contributed by atoms with Crippen molar-refractivity contribution in [2.75, 3.05) is 11.5 Å². The summed E-state index contributed by atoms with van der Waals surface area (Å²) in [6.07, 6.45) is 16.0. The molecule has 5 nitrogen and oxygen atoms in total. The molecule has 0 aliphatic heterocycles. The number of hydrogen-bond acceptors (Lipinski definition) is 4. The highest BCUT2D eigenvalue weighted by molar-refractivity contribution is 5.91. The van der Waals surface area contributed by atoms with E-state index in [-0.39, 0.29) is 18.5 Å². The van der Waals surface area contributed by atoms with E-state index in [0.717, 1.165) is 35.6 Å². The summed E-state index contributed by atoms with van der Waals surface area (Å²) in [6, 6.07) is 15.5. The highest BCUT2D eigenvalue weighted by Gasteiger charge is 2.13. The normalized spacial score (nSPS) is 10.8. The number of hydrogen-bond donors (Lipinski definition) is 0. The maximum Gasteiger partial charge on any atom is 0.302 e. The molecule has 204 valence electrons. The number of carbonyl (C=O) groups is 2. The highest BCUT2D eigenvalue weighted by Crippen LogP contribution is 2.22. The van der Waals surface area contributed by atoms with E-state index < -0.39 is 0 Å². The van der Waals surface area contributed by atoms with Crippen LogP contribution in [0.25, 0.3) is 0 Å². The van der Waals surface area contributed by atoms with E-state index in [1.54, 1.807) is 11.8 Å². The van der Waals surface area contributed by atoms with Crippen LogP contribution in [0.2, 0.25) is 0 Å². The third-order valence-electron chi connectivity index (χ3n) is 6.57. The summed E-state index contributed by atoms with van der Waals surface area (Å²) in [7, 11) is 0. The third-order valence-corrected chi connectivity index (χ3v) is 6.57. The second-order valence-corrected chi connectivity index (χ2v) is 9.94. The summed E-state index contributed by atoms with van der Waals surface area (Å²) in [5.74, 6) is 0.492. The van der Waals surface area contributed by atoms with Gasteiger partial charge in [0.15, 0.2) is 0 Å². The van der Waals surface area contributed by atoms with Gasteiger partial charge in [0.05, 0.1) is 13.2 Å². The maximum atomic E-state index is 12.4. The Hall–Kier alpha value is -2.82. The lowest BCUT2D eigenvalue weighted by Gasteiger charge is -2.22. The van der Waals surface area contributed by atoms with Crippen LogP contribution in [0.1, 0.15) is 109 Å². The number of rotatable bonds is 19. The van der Waals surface area contributed by atoms with Gasteiger partial charge >= 0.3 is 5.97 Å². The molecular weight excluding hydrogens is 462 g/mol. The van der Waals surface area contributed by atoms with Gasteiger partial charge in [-0.05, 0) is 41.8 Å². The molecule has 0 saturated heterocycles. The zero-order valence-corrected chi connectivity index (χ0v) is 23.3. The van der Waals surface area contributed by atoms with Crippen LogP contribution in [0.3, 0.4) is 0 Å². The molecule has 0 unspecified atom stereocenters. The minimum atomic E-state index is -0.308. The predicted molar refractivity (Wildman–Crippen MR) is 152 cm³/mol. The van der Waals surface area contributed by atoms with E-state index in [9.17, 15) is 9.59 Å². The number of amides is 1. The van der Waals surface area contributed by atoms with Gasteiger partial charge in [-0.2, -0.15) is 0 Å². The number of benzene rings is 2. The van der Waals surface area contributed by atoms with Gasteiger partial charge < -0.3 is 14.4 Å². The van der Waals surface area contributed by atoms with E-state index in [2.05, 4.69) is 6.92 Å². The summed E-state index contributed by atoms with van der Waals surface area (Å²) >= 11 is 0. The lowest BCUT2D eigenvalue weighted by atomic mass is 10.1. The zero-order chi connectivity index (χ0) is 26.7. The highest BCUT2D eigenvalue weighted by atomic mass is 16.5. The summed E-state index contributed by atoms with van der Waals surface area (Å²) in [4.78, 5) is 25.2. The minimum Gasteiger partial charge on any atom is -0.494 e. The fraction of sp³-hybridized carbons (Fsp3) is 0.562. The molecule has 0 heterocycles. The number of nitrogens with zero attached hydrogens (tertiary/aromatic N) is 1. The van der Waals surface area contributed by atoms with Crippen molar-refractivity contribution in [1.29, 1.82) is 0 Å². The summed E-state index contributed by atoms with van der Waals surface area (Å²) in [5, 5.41) is 0. The Kier molecular flexibility index (Phi) is 15.1. The molecule has 2 aromatic rings. The van der Waals surface area contributed by atoms with Crippen LogP contribution in [-0.4, -0.2) is 18.5 Å². The third kappa shape index (κ3) is 13.3. The van der Waals surface area contributed by atoms with Crippen molar-refractivity contribution in [3.63, 3.8) is 0 Å². The second kappa shape index (κ2) is 18.4. The summed E-state index contributed by atoms with van der Waals surface area (Å²) < 4.78 is 11.0. The Balaban J connectivity index is 1.67. The van der Waals surface area contributed by atoms with Crippen LogP contribution in [0.4, 0.5) is 5.69 Å². The van der Waals surface area contributed by atoms with Gasteiger partial charge in [-0.1, -0.05) is 102 Å². The Bertz CT molecular complexity index is 909. The average Bonchev–Trinajstić information content (AvgIpc) is 2.89. The molecule has 0 radical (unpaired) electrons. The fourth-order valence-corrected chi connectivity index (χ4v) is 4.43. The van der Waals surface area contributed by atoms with Crippen LogP contribution in [0.5, 0.6) is 5.75 Å². The Morgan fingerprint density at radius 1 is 0.730 bits per heavy atom. The average molecular weight is 510 g/mol. The van der Waals surface area contributed by atoms with Crippen molar-refractivity contribution in [3.05, 3.63) is 59.7 Å². The number of esters is 1. The van der Waals surface area contributed by atoms with Crippen molar-refractivity contribution in [1.82, 2.24) is 0 Å². The van der Waals surface area contributed by atoms with Crippen molar-refractivity contribution < 1.29 is 19.1 Å². The fourth-order valence-electron chi connectivity index (χ4n) is 4.43. The van der Waals surface area contributed by atoms with Gasteiger partial charge in [-0.3, -0.25) is 9.59 Å². The van der Waals surface area contributed by atoms with Crippen LogP contribution in [0, 0.1) is 0 Å². The molecule has 0 saturated carbocycles. The molecule has 0 fully saturated rings. The molecular formula is C32H47NO4. The smallest absolute Gasteiger partial charge is 0.302 e. The molecule has 0 atom stereocenters. The van der Waals surface area contributed by atoms with Crippen LogP contribution in [0.15, 0.2) is 48.5 Å². The van der Waals surface area contributed by atoms with Crippen LogP contribution in [-0.2, 0) is 27.5 Å². The van der Waals surface area contributed by atoms with Gasteiger partial charge in [-0.15, -0.1) is 0 Å². The molecule has 1 amide bonds. The molecule has 5 heteroatoms. The van der Waals surface area contributed by atoms with E-state index in [0.29, 0.717) is 6.54 Å². The lowest BCUT2D eigenvalue weighted by molar-refractivity contribution is -0.142. The first-order valence-electron chi connectivity index (χ1n) is 14.2. The molecule has 0 aliphatic rings. The van der Waals surface area contributed by atoms with E-state index in [1.165, 1.54) is 77.6 Å². The van der Waals surface area contributed by atoms with Crippen molar-refractivity contribution in [2.24, 2.45) is 0 Å². The van der Waals surface area contributed by atoms with Crippen molar-refractivity contribution in [3.8, 4) is 5.75 Å². The minimum absolute atomic E-state index is 0.0319. The van der Waals surface area contributed by atoms with Gasteiger partial charge in [-0.25, -0.2) is 0 Å². The topological polar surface area (TPSA) is 55.8 Å². The first kappa shape index (κ1) is 30.4.